The third kappa shape index (κ3) is 2.11. The molecule has 1 atom stereocenters. The minimum Gasteiger partial charge on any atom is -0.478 e. The number of hydrogen-bond acceptors (Lipinski definition) is 2. The third-order valence-electron chi connectivity index (χ3n) is 2.68. The number of alkyl halides is 1. The highest BCUT2D eigenvalue weighted by Crippen LogP contribution is 2.27. The Hall–Kier alpha value is -1.29. The second-order valence-corrected chi connectivity index (χ2v) is 4.21. The maximum Gasteiger partial charge on any atom is 0.337 e. The van der Waals surface area contributed by atoms with Gasteiger partial charge in [0.1, 0.15) is 6.17 Å². The Kier molecular flexibility index (Phi) is 3.01. The predicted molar refractivity (Wildman–Crippen MR) is 60.1 cm³/mol. The topological polar surface area (TPSA) is 40.5 Å². The number of rotatable bonds is 2. The molecule has 1 aromatic carbocycles. The van der Waals surface area contributed by atoms with Crippen LogP contribution in [0.15, 0.2) is 18.2 Å². The van der Waals surface area contributed by atoms with Crippen LogP contribution >= 0.6 is 11.6 Å². The number of halogens is 2. The number of aromatic carboxylic acids is 1. The first-order chi connectivity index (χ1) is 7.58. The standard InChI is InChI=1S/C11H11ClFNO2/c12-10-5-8(1-2-9(10)11(15)16)14-4-3-7(13)6-14/h1-2,5,7H,3-4,6H2,(H,15,16)/t7-/m0/s1. The largest absolute Gasteiger partial charge is 0.478 e. The van der Waals surface area contributed by atoms with Crippen LogP contribution in [0.4, 0.5) is 10.1 Å². The van der Waals surface area contributed by atoms with E-state index in [9.17, 15) is 9.18 Å². The molecule has 86 valence electrons. The molecule has 5 heteroatoms. The summed E-state index contributed by atoms with van der Waals surface area (Å²) >= 11 is 5.84. The summed E-state index contributed by atoms with van der Waals surface area (Å²) < 4.78 is 13.0. The SMILES string of the molecule is O=C(O)c1ccc(N2CC[C@H](F)C2)cc1Cl. The van der Waals surface area contributed by atoms with Gasteiger partial charge in [0.15, 0.2) is 0 Å². The number of benzene rings is 1. The van der Waals surface area contributed by atoms with Gasteiger partial charge in [0.25, 0.3) is 0 Å². The molecule has 1 aliphatic rings. The predicted octanol–water partition coefficient (Wildman–Crippen LogP) is 2.59. The van der Waals surface area contributed by atoms with Crippen LogP contribution in [0.5, 0.6) is 0 Å². The van der Waals surface area contributed by atoms with Gasteiger partial charge < -0.3 is 10.0 Å². The third-order valence-corrected chi connectivity index (χ3v) is 2.99. The number of anilines is 1. The second-order valence-electron chi connectivity index (χ2n) is 3.80. The Labute approximate surface area is 97.4 Å². The van der Waals surface area contributed by atoms with Crippen LogP contribution in [0.1, 0.15) is 16.8 Å². The van der Waals surface area contributed by atoms with E-state index in [0.717, 1.165) is 5.69 Å². The van der Waals surface area contributed by atoms with E-state index in [1.807, 2.05) is 4.90 Å². The maximum atomic E-state index is 13.0. The van der Waals surface area contributed by atoms with E-state index in [2.05, 4.69) is 0 Å². The Morgan fingerprint density at radius 1 is 1.56 bits per heavy atom. The number of nitrogens with zero attached hydrogens (tertiary/aromatic N) is 1. The molecule has 0 aromatic heterocycles. The fourth-order valence-electron chi connectivity index (χ4n) is 1.83. The van der Waals surface area contributed by atoms with E-state index < -0.39 is 12.1 Å². The summed E-state index contributed by atoms with van der Waals surface area (Å²) in [5.41, 5.74) is 0.844. The fourth-order valence-corrected chi connectivity index (χ4v) is 2.08. The van der Waals surface area contributed by atoms with E-state index in [-0.39, 0.29) is 10.6 Å². The minimum atomic E-state index is -1.05. The van der Waals surface area contributed by atoms with Gasteiger partial charge >= 0.3 is 5.97 Å². The molecular weight excluding hydrogens is 233 g/mol. The average molecular weight is 244 g/mol. The molecule has 0 bridgehead atoms. The van der Waals surface area contributed by atoms with Gasteiger partial charge in [0.2, 0.25) is 0 Å². The average Bonchev–Trinajstić information content (AvgIpc) is 2.64. The quantitative estimate of drug-likeness (QED) is 0.868. The Morgan fingerprint density at radius 3 is 2.81 bits per heavy atom. The van der Waals surface area contributed by atoms with Gasteiger partial charge in [-0.15, -0.1) is 0 Å². The summed E-state index contributed by atoms with van der Waals surface area (Å²) in [5, 5.41) is 8.99. The molecule has 0 spiro atoms. The Morgan fingerprint density at radius 2 is 2.31 bits per heavy atom. The van der Waals surface area contributed by atoms with Crippen molar-refractivity contribution >= 4 is 23.3 Å². The van der Waals surface area contributed by atoms with Crippen LogP contribution in [-0.2, 0) is 0 Å². The number of hydrogen-bond donors (Lipinski definition) is 1. The first-order valence-corrected chi connectivity index (χ1v) is 5.37. The van der Waals surface area contributed by atoms with Crippen molar-refractivity contribution in [3.05, 3.63) is 28.8 Å². The fraction of sp³-hybridized carbons (Fsp3) is 0.364. The van der Waals surface area contributed by atoms with E-state index >= 15 is 0 Å². The van der Waals surface area contributed by atoms with Gasteiger partial charge in [0.05, 0.1) is 10.6 Å². The summed E-state index contributed by atoms with van der Waals surface area (Å²) in [6.07, 6.45) is -0.295. The van der Waals surface area contributed by atoms with Crippen molar-refractivity contribution in [2.45, 2.75) is 12.6 Å². The highest BCUT2D eigenvalue weighted by molar-refractivity contribution is 6.33. The Balaban J connectivity index is 2.24. The van der Waals surface area contributed by atoms with Crippen molar-refractivity contribution in [3.8, 4) is 0 Å². The normalized spacial score (nSPS) is 20.1. The van der Waals surface area contributed by atoms with Gasteiger partial charge in [-0.3, -0.25) is 0 Å². The summed E-state index contributed by atoms with van der Waals surface area (Å²) in [5.74, 6) is -1.05. The first-order valence-electron chi connectivity index (χ1n) is 5.00. The van der Waals surface area contributed by atoms with Gasteiger partial charge in [-0.1, -0.05) is 11.6 Å². The van der Waals surface area contributed by atoms with Gasteiger partial charge in [-0.25, -0.2) is 9.18 Å². The zero-order chi connectivity index (χ0) is 11.7. The van der Waals surface area contributed by atoms with Crippen LogP contribution in [-0.4, -0.2) is 30.3 Å². The van der Waals surface area contributed by atoms with Crippen molar-refractivity contribution in [1.29, 1.82) is 0 Å². The molecule has 16 heavy (non-hydrogen) atoms. The van der Waals surface area contributed by atoms with Crippen molar-refractivity contribution < 1.29 is 14.3 Å². The maximum absolute atomic E-state index is 13.0. The lowest BCUT2D eigenvalue weighted by Crippen LogP contribution is -2.19. The van der Waals surface area contributed by atoms with Crippen LogP contribution in [0.3, 0.4) is 0 Å². The molecule has 1 aromatic rings. The molecular formula is C11H11ClFNO2. The van der Waals surface area contributed by atoms with Gasteiger partial charge in [0, 0.05) is 18.8 Å². The van der Waals surface area contributed by atoms with Gasteiger partial charge in [-0.2, -0.15) is 0 Å². The number of carboxylic acid groups (broad SMARTS) is 1. The molecule has 1 fully saturated rings. The number of carboxylic acids is 1. The van der Waals surface area contributed by atoms with Crippen molar-refractivity contribution in [2.75, 3.05) is 18.0 Å². The van der Waals surface area contributed by atoms with Crippen LogP contribution in [0.2, 0.25) is 5.02 Å². The van der Waals surface area contributed by atoms with E-state index in [4.69, 9.17) is 16.7 Å². The zero-order valence-electron chi connectivity index (χ0n) is 8.49. The van der Waals surface area contributed by atoms with Crippen molar-refractivity contribution in [2.24, 2.45) is 0 Å². The molecule has 1 N–H and O–H groups in total. The first kappa shape index (κ1) is 11.2. The highest BCUT2D eigenvalue weighted by atomic mass is 35.5. The molecule has 1 saturated heterocycles. The Bertz CT molecular complexity index is 424. The lowest BCUT2D eigenvalue weighted by atomic mass is 10.2. The van der Waals surface area contributed by atoms with E-state index in [1.54, 1.807) is 12.1 Å². The summed E-state index contributed by atoms with van der Waals surface area (Å²) in [7, 11) is 0. The molecule has 0 radical (unpaired) electrons. The lowest BCUT2D eigenvalue weighted by molar-refractivity contribution is 0.0697. The van der Waals surface area contributed by atoms with Crippen molar-refractivity contribution in [3.63, 3.8) is 0 Å². The molecule has 1 heterocycles. The monoisotopic (exact) mass is 243 g/mol. The van der Waals surface area contributed by atoms with E-state index in [1.165, 1.54) is 6.07 Å². The smallest absolute Gasteiger partial charge is 0.337 e. The molecule has 0 unspecified atom stereocenters. The highest BCUT2D eigenvalue weighted by Gasteiger charge is 2.22. The van der Waals surface area contributed by atoms with Gasteiger partial charge in [-0.05, 0) is 24.6 Å². The lowest BCUT2D eigenvalue weighted by Gasteiger charge is -2.18. The molecule has 2 rings (SSSR count). The van der Waals surface area contributed by atoms with Crippen LogP contribution in [0, 0.1) is 0 Å². The summed E-state index contributed by atoms with van der Waals surface area (Å²) in [4.78, 5) is 12.6. The van der Waals surface area contributed by atoms with Crippen LogP contribution < -0.4 is 4.90 Å². The van der Waals surface area contributed by atoms with Crippen molar-refractivity contribution in [1.82, 2.24) is 0 Å². The molecule has 1 aliphatic heterocycles. The number of carbonyl (C=O) groups is 1. The van der Waals surface area contributed by atoms with E-state index in [0.29, 0.717) is 19.5 Å². The summed E-state index contributed by atoms with van der Waals surface area (Å²) in [6.45, 7) is 0.993. The van der Waals surface area contributed by atoms with Crippen LogP contribution in [0.25, 0.3) is 0 Å². The molecule has 0 aliphatic carbocycles. The molecule has 0 amide bonds. The second kappa shape index (κ2) is 4.29. The molecule has 0 saturated carbocycles. The zero-order valence-corrected chi connectivity index (χ0v) is 9.25. The summed E-state index contributed by atoms with van der Waals surface area (Å²) in [6, 6.07) is 4.68. The molecule has 3 nitrogen and oxygen atoms in total. The minimum absolute atomic E-state index is 0.0708.